The molecule has 0 aliphatic carbocycles. The van der Waals surface area contributed by atoms with Crippen molar-refractivity contribution in [3.8, 4) is 0 Å². The monoisotopic (exact) mass is 508 g/mol. The Hall–Kier alpha value is -4.21. The van der Waals surface area contributed by atoms with Gasteiger partial charge in [-0.1, -0.05) is 42.5 Å². The first kappa shape index (κ1) is 27.4. The molecule has 37 heavy (non-hydrogen) atoms. The van der Waals surface area contributed by atoms with E-state index in [0.717, 1.165) is 5.56 Å². The van der Waals surface area contributed by atoms with Gasteiger partial charge in [-0.2, -0.15) is 0 Å². The van der Waals surface area contributed by atoms with Gasteiger partial charge < -0.3 is 19.9 Å². The second kappa shape index (κ2) is 12.2. The highest BCUT2D eigenvalue weighted by molar-refractivity contribution is 5.95. The minimum Gasteiger partial charge on any atom is -0.459 e. The van der Waals surface area contributed by atoms with Gasteiger partial charge in [0.1, 0.15) is 0 Å². The van der Waals surface area contributed by atoms with Gasteiger partial charge >= 0.3 is 12.0 Å². The summed E-state index contributed by atoms with van der Waals surface area (Å²) in [7, 11) is 0. The number of allylic oxidation sites excluding steroid dienone is 1. The molecular formula is C27H32N4O6. The molecule has 1 N–H and O–H groups in total. The third-order valence-electron chi connectivity index (χ3n) is 5.99. The first-order valence-electron chi connectivity index (χ1n) is 12.1. The van der Waals surface area contributed by atoms with Gasteiger partial charge in [-0.25, -0.2) is 9.59 Å². The van der Waals surface area contributed by atoms with Crippen LogP contribution in [0.5, 0.6) is 0 Å². The number of benzene rings is 2. The van der Waals surface area contributed by atoms with E-state index in [0.29, 0.717) is 30.8 Å². The fourth-order valence-electron chi connectivity index (χ4n) is 4.29. The minimum absolute atomic E-state index is 0.0980. The van der Waals surface area contributed by atoms with Crippen LogP contribution in [-0.2, 0) is 20.9 Å². The molecule has 1 atom stereocenters. The Labute approximate surface area is 216 Å². The number of nitrogens with zero attached hydrogens (tertiary/aromatic N) is 3. The lowest BCUT2D eigenvalue weighted by Gasteiger charge is -2.38. The number of urea groups is 1. The number of hydrogen-bond acceptors (Lipinski definition) is 6. The van der Waals surface area contributed by atoms with Crippen LogP contribution in [0.1, 0.15) is 51.3 Å². The van der Waals surface area contributed by atoms with Crippen molar-refractivity contribution < 1.29 is 24.0 Å². The van der Waals surface area contributed by atoms with E-state index >= 15 is 0 Å². The van der Waals surface area contributed by atoms with Crippen molar-refractivity contribution in [1.29, 1.82) is 0 Å². The average molecular weight is 509 g/mol. The lowest BCUT2D eigenvalue weighted by atomic mass is 9.93. The predicted molar refractivity (Wildman–Crippen MR) is 137 cm³/mol. The van der Waals surface area contributed by atoms with Crippen molar-refractivity contribution in [2.45, 2.75) is 52.8 Å². The van der Waals surface area contributed by atoms with Crippen LogP contribution in [0.3, 0.4) is 0 Å². The first-order valence-corrected chi connectivity index (χ1v) is 12.1. The number of rotatable bonds is 10. The van der Waals surface area contributed by atoms with Gasteiger partial charge in [0.2, 0.25) is 5.91 Å². The van der Waals surface area contributed by atoms with Crippen LogP contribution in [0.15, 0.2) is 65.9 Å². The van der Waals surface area contributed by atoms with E-state index in [-0.39, 0.29) is 23.7 Å². The first-order chi connectivity index (χ1) is 17.6. The van der Waals surface area contributed by atoms with Crippen molar-refractivity contribution in [2.75, 3.05) is 13.1 Å². The summed E-state index contributed by atoms with van der Waals surface area (Å²) in [4.78, 5) is 52.6. The number of ether oxygens (including phenoxy) is 1. The second-order valence-electron chi connectivity index (χ2n) is 9.15. The number of esters is 1. The normalized spacial score (nSPS) is 15.4. The van der Waals surface area contributed by atoms with Gasteiger partial charge in [-0.15, -0.1) is 0 Å². The Morgan fingerprint density at radius 3 is 2.49 bits per heavy atom. The summed E-state index contributed by atoms with van der Waals surface area (Å²) in [5.41, 5.74) is 1.80. The summed E-state index contributed by atoms with van der Waals surface area (Å²) in [5.74, 6) is -0.706. The Morgan fingerprint density at radius 1 is 1.16 bits per heavy atom. The number of amides is 3. The van der Waals surface area contributed by atoms with Crippen molar-refractivity contribution in [2.24, 2.45) is 0 Å². The van der Waals surface area contributed by atoms with E-state index in [4.69, 9.17) is 4.74 Å². The van der Waals surface area contributed by atoms with E-state index in [1.165, 1.54) is 30.0 Å². The standard InChI is InChI=1S/C27H32N4O6/c1-18(2)37-26(33)24-19(3)28-27(34)30(25(24)22-12-8-13-23(16-22)31(35)36)15-9-14-29(20(4)32)17-21-10-6-5-7-11-21/h5-8,10-13,16,18,25H,9,14-15,17H2,1-4H3,(H,28,34). The number of hydrogen-bond donors (Lipinski definition) is 1. The number of carbonyl (C=O) groups is 3. The molecule has 3 amide bonds. The van der Waals surface area contributed by atoms with E-state index in [1.54, 1.807) is 31.7 Å². The molecule has 0 spiro atoms. The summed E-state index contributed by atoms with van der Waals surface area (Å²) in [6.07, 6.45) is 0.0309. The molecule has 0 radical (unpaired) electrons. The van der Waals surface area contributed by atoms with Crippen LogP contribution in [0.25, 0.3) is 0 Å². The van der Waals surface area contributed by atoms with Crippen LogP contribution in [-0.4, -0.2) is 51.8 Å². The Balaban J connectivity index is 1.90. The van der Waals surface area contributed by atoms with Gasteiger partial charge in [-0.3, -0.25) is 14.9 Å². The molecule has 196 valence electrons. The van der Waals surface area contributed by atoms with E-state index in [2.05, 4.69) is 5.32 Å². The zero-order valence-electron chi connectivity index (χ0n) is 21.5. The Morgan fingerprint density at radius 2 is 1.86 bits per heavy atom. The lowest BCUT2D eigenvalue weighted by molar-refractivity contribution is -0.384. The summed E-state index contributed by atoms with van der Waals surface area (Å²) in [6.45, 7) is 7.55. The maximum atomic E-state index is 13.1. The van der Waals surface area contributed by atoms with Gasteiger partial charge in [0.25, 0.3) is 5.69 Å². The molecule has 10 nitrogen and oxygen atoms in total. The van der Waals surface area contributed by atoms with Crippen LogP contribution in [0, 0.1) is 10.1 Å². The van der Waals surface area contributed by atoms with E-state index in [1.807, 2.05) is 30.3 Å². The van der Waals surface area contributed by atoms with Crippen LogP contribution >= 0.6 is 0 Å². The fourth-order valence-corrected chi connectivity index (χ4v) is 4.29. The molecule has 1 heterocycles. The molecule has 0 bridgehead atoms. The molecule has 0 saturated carbocycles. The smallest absolute Gasteiger partial charge is 0.338 e. The van der Waals surface area contributed by atoms with Crippen molar-refractivity contribution in [1.82, 2.24) is 15.1 Å². The number of non-ortho nitro benzene ring substituents is 1. The molecule has 10 heteroatoms. The Bertz CT molecular complexity index is 1190. The maximum absolute atomic E-state index is 13.1. The molecule has 1 aliphatic heterocycles. The topological polar surface area (TPSA) is 122 Å². The molecule has 0 aromatic heterocycles. The summed E-state index contributed by atoms with van der Waals surface area (Å²) in [6, 6.07) is 14.2. The van der Waals surface area contributed by atoms with Crippen molar-refractivity contribution in [3.05, 3.63) is 87.1 Å². The number of carbonyl (C=O) groups excluding carboxylic acids is 3. The quantitative estimate of drug-likeness (QED) is 0.290. The maximum Gasteiger partial charge on any atom is 0.338 e. The highest BCUT2D eigenvalue weighted by Crippen LogP contribution is 2.36. The number of nitrogens with one attached hydrogen (secondary N) is 1. The molecule has 1 aliphatic rings. The highest BCUT2D eigenvalue weighted by Gasteiger charge is 2.39. The summed E-state index contributed by atoms with van der Waals surface area (Å²) < 4.78 is 5.45. The summed E-state index contributed by atoms with van der Waals surface area (Å²) >= 11 is 0. The van der Waals surface area contributed by atoms with Gasteiger partial charge in [0.15, 0.2) is 0 Å². The van der Waals surface area contributed by atoms with Gasteiger partial charge in [-0.05, 0) is 38.3 Å². The van der Waals surface area contributed by atoms with Gasteiger partial charge in [0.05, 0.1) is 22.6 Å². The number of nitro groups is 1. The highest BCUT2D eigenvalue weighted by atomic mass is 16.6. The van der Waals surface area contributed by atoms with Gasteiger partial charge in [0, 0.05) is 44.4 Å². The SMILES string of the molecule is CC(=O)N(CCCN1C(=O)NC(C)=C(C(=O)OC(C)C)C1c1cccc([N+](=O)[O-])c1)Cc1ccccc1. The Kier molecular flexibility index (Phi) is 9.00. The predicted octanol–water partition coefficient (Wildman–Crippen LogP) is 4.33. The number of nitro benzene ring substituents is 1. The zero-order valence-corrected chi connectivity index (χ0v) is 21.5. The molecule has 3 rings (SSSR count). The minimum atomic E-state index is -0.889. The second-order valence-corrected chi connectivity index (χ2v) is 9.15. The van der Waals surface area contributed by atoms with Crippen molar-refractivity contribution in [3.63, 3.8) is 0 Å². The third-order valence-corrected chi connectivity index (χ3v) is 5.99. The fraction of sp³-hybridized carbons (Fsp3) is 0.370. The third kappa shape index (κ3) is 6.93. The van der Waals surface area contributed by atoms with Crippen LogP contribution in [0.2, 0.25) is 0 Å². The van der Waals surface area contributed by atoms with Crippen molar-refractivity contribution >= 4 is 23.6 Å². The lowest BCUT2D eigenvalue weighted by Crippen LogP contribution is -2.49. The van der Waals surface area contributed by atoms with Crippen LogP contribution in [0.4, 0.5) is 10.5 Å². The van der Waals surface area contributed by atoms with E-state index < -0.39 is 29.1 Å². The summed E-state index contributed by atoms with van der Waals surface area (Å²) in [5, 5.41) is 14.2. The molecule has 0 saturated heterocycles. The van der Waals surface area contributed by atoms with E-state index in [9.17, 15) is 24.5 Å². The average Bonchev–Trinajstić information content (AvgIpc) is 2.84. The molecule has 0 fully saturated rings. The van der Waals surface area contributed by atoms with Crippen LogP contribution < -0.4 is 5.32 Å². The molecular weight excluding hydrogens is 476 g/mol. The molecule has 2 aromatic rings. The largest absolute Gasteiger partial charge is 0.459 e. The zero-order chi connectivity index (χ0) is 27.1. The molecule has 2 aromatic carbocycles. The molecule has 1 unspecified atom stereocenters.